The Labute approximate surface area is 103 Å². The molecule has 0 radical (unpaired) electrons. The third-order valence-corrected chi connectivity index (χ3v) is 3.29. The lowest BCUT2D eigenvalue weighted by molar-refractivity contribution is 0.418. The molecule has 0 unspecified atom stereocenters. The molecule has 1 heterocycles. The quantitative estimate of drug-likeness (QED) is 0.816. The van der Waals surface area contributed by atoms with Crippen molar-refractivity contribution in [2.45, 2.75) is 39.2 Å². The molecule has 0 spiro atoms. The van der Waals surface area contributed by atoms with Crippen LogP contribution in [-0.2, 0) is 0 Å². The Kier molecular flexibility index (Phi) is 4.47. The molecular weight excluding hydrogens is 212 g/mol. The van der Waals surface area contributed by atoms with E-state index >= 15 is 0 Å². The maximum Gasteiger partial charge on any atom is 0.144 e. The molecule has 1 aromatic rings. The second-order valence-electron chi connectivity index (χ2n) is 4.39. The molecule has 17 heavy (non-hydrogen) atoms. The van der Waals surface area contributed by atoms with Crippen LogP contribution < -0.4 is 11.1 Å². The lowest BCUT2D eigenvalue weighted by Gasteiger charge is -2.27. The molecule has 92 valence electrons. The number of aromatic nitrogens is 1. The second-order valence-corrected chi connectivity index (χ2v) is 4.39. The zero-order valence-electron chi connectivity index (χ0n) is 10.7. The van der Waals surface area contributed by atoms with Gasteiger partial charge in [0.25, 0.3) is 0 Å². The average Bonchev–Trinajstić information content (AvgIpc) is 2.36. The number of hydrogen-bond donors (Lipinski definition) is 2. The zero-order chi connectivity index (χ0) is 12.9. The van der Waals surface area contributed by atoms with Gasteiger partial charge < -0.3 is 11.1 Å². The van der Waals surface area contributed by atoms with Gasteiger partial charge in [0.1, 0.15) is 11.9 Å². The fourth-order valence-corrected chi connectivity index (χ4v) is 1.59. The molecule has 0 aromatic carbocycles. The standard InChI is InChI=1S/C13H20N4/c1-4-13(15,5-2)9-17-12-11(8-14)10(3)6-7-16-12/h6-7H,4-5,9,15H2,1-3H3,(H,16,17). The highest BCUT2D eigenvalue weighted by Crippen LogP contribution is 2.17. The minimum atomic E-state index is -0.238. The minimum absolute atomic E-state index is 0.238. The van der Waals surface area contributed by atoms with E-state index in [1.54, 1.807) is 6.20 Å². The number of anilines is 1. The van der Waals surface area contributed by atoms with Crippen LogP contribution in [0.3, 0.4) is 0 Å². The van der Waals surface area contributed by atoms with Gasteiger partial charge in [-0.1, -0.05) is 13.8 Å². The van der Waals surface area contributed by atoms with Crippen molar-refractivity contribution in [1.29, 1.82) is 5.26 Å². The average molecular weight is 232 g/mol. The summed E-state index contributed by atoms with van der Waals surface area (Å²) in [6.07, 6.45) is 3.49. The van der Waals surface area contributed by atoms with Crippen LogP contribution in [0.2, 0.25) is 0 Å². The summed E-state index contributed by atoms with van der Waals surface area (Å²) in [5.74, 6) is 0.629. The number of nitrogens with zero attached hydrogens (tertiary/aromatic N) is 2. The highest BCUT2D eigenvalue weighted by atomic mass is 15.0. The number of nitrogens with one attached hydrogen (secondary N) is 1. The van der Waals surface area contributed by atoms with E-state index in [4.69, 9.17) is 11.0 Å². The van der Waals surface area contributed by atoms with Crippen molar-refractivity contribution in [3.8, 4) is 6.07 Å². The lowest BCUT2D eigenvalue weighted by atomic mass is 9.94. The summed E-state index contributed by atoms with van der Waals surface area (Å²) in [4.78, 5) is 4.19. The van der Waals surface area contributed by atoms with Crippen LogP contribution in [-0.4, -0.2) is 17.1 Å². The molecule has 0 aliphatic carbocycles. The number of rotatable bonds is 5. The van der Waals surface area contributed by atoms with Crippen molar-refractivity contribution in [3.63, 3.8) is 0 Å². The van der Waals surface area contributed by atoms with Gasteiger partial charge in [-0.3, -0.25) is 0 Å². The van der Waals surface area contributed by atoms with E-state index < -0.39 is 0 Å². The molecule has 0 fully saturated rings. The number of pyridine rings is 1. The van der Waals surface area contributed by atoms with Gasteiger partial charge in [-0.05, 0) is 31.4 Å². The Morgan fingerprint density at radius 3 is 2.65 bits per heavy atom. The third-order valence-electron chi connectivity index (χ3n) is 3.29. The van der Waals surface area contributed by atoms with Gasteiger partial charge in [0.15, 0.2) is 0 Å². The van der Waals surface area contributed by atoms with Gasteiger partial charge in [-0.15, -0.1) is 0 Å². The second kappa shape index (κ2) is 5.65. The summed E-state index contributed by atoms with van der Waals surface area (Å²) in [7, 11) is 0. The van der Waals surface area contributed by atoms with Gasteiger partial charge in [0.05, 0.1) is 5.56 Å². The molecule has 1 aromatic heterocycles. The molecule has 3 N–H and O–H groups in total. The van der Waals surface area contributed by atoms with E-state index in [0.717, 1.165) is 18.4 Å². The van der Waals surface area contributed by atoms with Crippen LogP contribution >= 0.6 is 0 Å². The van der Waals surface area contributed by atoms with Gasteiger partial charge in [0, 0.05) is 18.3 Å². The summed E-state index contributed by atoms with van der Waals surface area (Å²) in [5, 5.41) is 12.3. The molecule has 0 atom stereocenters. The molecule has 0 aliphatic rings. The number of nitriles is 1. The number of aryl methyl sites for hydroxylation is 1. The fourth-order valence-electron chi connectivity index (χ4n) is 1.59. The zero-order valence-corrected chi connectivity index (χ0v) is 10.7. The van der Waals surface area contributed by atoms with Crippen molar-refractivity contribution < 1.29 is 0 Å². The summed E-state index contributed by atoms with van der Waals surface area (Å²) in [6, 6.07) is 4.00. The first-order chi connectivity index (χ1) is 8.06. The maximum absolute atomic E-state index is 9.08. The first-order valence-electron chi connectivity index (χ1n) is 5.94. The third kappa shape index (κ3) is 3.18. The van der Waals surface area contributed by atoms with Gasteiger partial charge in [-0.2, -0.15) is 5.26 Å². The van der Waals surface area contributed by atoms with Crippen LogP contribution in [0.5, 0.6) is 0 Å². The van der Waals surface area contributed by atoms with E-state index in [9.17, 15) is 0 Å². The molecule has 0 amide bonds. The molecule has 0 aliphatic heterocycles. The topological polar surface area (TPSA) is 74.7 Å². The van der Waals surface area contributed by atoms with E-state index in [1.807, 2.05) is 13.0 Å². The molecule has 1 rings (SSSR count). The minimum Gasteiger partial charge on any atom is -0.367 e. The maximum atomic E-state index is 9.08. The van der Waals surface area contributed by atoms with Crippen molar-refractivity contribution in [2.75, 3.05) is 11.9 Å². The summed E-state index contributed by atoms with van der Waals surface area (Å²) in [6.45, 7) is 6.67. The summed E-state index contributed by atoms with van der Waals surface area (Å²) in [5.41, 5.74) is 7.49. The molecule has 0 saturated carbocycles. The van der Waals surface area contributed by atoms with Crippen molar-refractivity contribution in [1.82, 2.24) is 4.98 Å². The van der Waals surface area contributed by atoms with Crippen LogP contribution in [0.25, 0.3) is 0 Å². The predicted molar refractivity (Wildman–Crippen MR) is 69.7 cm³/mol. The van der Waals surface area contributed by atoms with Crippen molar-refractivity contribution >= 4 is 5.82 Å². The Hall–Kier alpha value is -1.60. The lowest BCUT2D eigenvalue weighted by Crippen LogP contribution is -2.45. The van der Waals surface area contributed by atoms with Crippen molar-refractivity contribution in [2.24, 2.45) is 5.73 Å². The molecule has 4 nitrogen and oxygen atoms in total. The summed E-state index contributed by atoms with van der Waals surface area (Å²) >= 11 is 0. The van der Waals surface area contributed by atoms with Gasteiger partial charge in [-0.25, -0.2) is 4.98 Å². The van der Waals surface area contributed by atoms with E-state index in [-0.39, 0.29) is 5.54 Å². The predicted octanol–water partition coefficient (Wildman–Crippen LogP) is 2.19. The van der Waals surface area contributed by atoms with Gasteiger partial charge >= 0.3 is 0 Å². The highest BCUT2D eigenvalue weighted by molar-refractivity contribution is 5.55. The Morgan fingerprint density at radius 2 is 2.12 bits per heavy atom. The van der Waals surface area contributed by atoms with E-state index in [2.05, 4.69) is 30.2 Å². The smallest absolute Gasteiger partial charge is 0.144 e. The Morgan fingerprint density at radius 1 is 1.47 bits per heavy atom. The number of nitrogens with two attached hydrogens (primary N) is 1. The molecule has 4 heteroatoms. The number of hydrogen-bond acceptors (Lipinski definition) is 4. The molecule has 0 bridgehead atoms. The SMILES string of the molecule is CCC(N)(CC)CNc1nccc(C)c1C#N. The van der Waals surface area contributed by atoms with Crippen molar-refractivity contribution in [3.05, 3.63) is 23.4 Å². The largest absolute Gasteiger partial charge is 0.367 e. The van der Waals surface area contributed by atoms with Crippen LogP contribution in [0.1, 0.15) is 37.8 Å². The molecule has 0 saturated heterocycles. The van der Waals surface area contributed by atoms with Crippen LogP contribution in [0.4, 0.5) is 5.82 Å². The Bertz CT molecular complexity index is 416. The van der Waals surface area contributed by atoms with Crippen LogP contribution in [0.15, 0.2) is 12.3 Å². The fraction of sp³-hybridized carbons (Fsp3) is 0.538. The van der Waals surface area contributed by atoms with E-state index in [1.165, 1.54) is 0 Å². The monoisotopic (exact) mass is 232 g/mol. The Balaban J connectivity index is 2.83. The van der Waals surface area contributed by atoms with Gasteiger partial charge in [0.2, 0.25) is 0 Å². The highest BCUT2D eigenvalue weighted by Gasteiger charge is 2.20. The normalized spacial score (nSPS) is 11.0. The van der Waals surface area contributed by atoms with E-state index in [0.29, 0.717) is 17.9 Å². The summed E-state index contributed by atoms with van der Waals surface area (Å²) < 4.78 is 0. The first kappa shape index (κ1) is 13.5. The molecular formula is C13H20N4. The van der Waals surface area contributed by atoms with Crippen LogP contribution in [0, 0.1) is 18.3 Å². The first-order valence-corrected chi connectivity index (χ1v) is 5.94.